The second kappa shape index (κ2) is 9.35. The molecule has 0 unspecified atom stereocenters. The molecule has 0 spiro atoms. The number of ether oxygens (including phenoxy) is 1. The van der Waals surface area contributed by atoms with Gasteiger partial charge in [0.05, 0.1) is 17.9 Å². The molecule has 4 nitrogen and oxygen atoms in total. The van der Waals surface area contributed by atoms with Crippen molar-refractivity contribution >= 4 is 5.69 Å². The fourth-order valence-corrected chi connectivity index (χ4v) is 1.99. The van der Waals surface area contributed by atoms with Gasteiger partial charge < -0.3 is 15.0 Å². The van der Waals surface area contributed by atoms with Gasteiger partial charge >= 0.3 is 0 Å². The van der Waals surface area contributed by atoms with Crippen molar-refractivity contribution < 1.29 is 4.74 Å². The van der Waals surface area contributed by atoms with Crippen molar-refractivity contribution in [3.63, 3.8) is 0 Å². The van der Waals surface area contributed by atoms with Gasteiger partial charge in [0.15, 0.2) is 0 Å². The van der Waals surface area contributed by atoms with E-state index in [4.69, 9.17) is 4.74 Å². The Hall–Kier alpha value is -1.57. The lowest BCUT2D eigenvalue weighted by molar-refractivity contribution is 0.154. The van der Waals surface area contributed by atoms with E-state index < -0.39 is 0 Å². The van der Waals surface area contributed by atoms with Gasteiger partial charge in [0.1, 0.15) is 6.07 Å². The fraction of sp³-hybridized carbons (Fsp3) is 0.562. The van der Waals surface area contributed by atoms with Gasteiger partial charge in [-0.2, -0.15) is 5.26 Å². The van der Waals surface area contributed by atoms with Crippen molar-refractivity contribution in [3.05, 3.63) is 29.3 Å². The topological polar surface area (TPSA) is 48.3 Å². The van der Waals surface area contributed by atoms with E-state index in [-0.39, 0.29) is 0 Å². The molecule has 0 saturated carbocycles. The summed E-state index contributed by atoms with van der Waals surface area (Å²) in [5.74, 6) is 0. The standard InChI is InChI=1S/C16H25N3O/c1-4-8-18-13-14-6-7-16(15(11-14)12-17)19(3)9-10-20-5-2/h6-7,11,18H,4-5,8-10,13H2,1-3H3. The van der Waals surface area contributed by atoms with E-state index in [1.807, 2.05) is 26.1 Å². The Balaban J connectivity index is 2.69. The monoisotopic (exact) mass is 275 g/mol. The Morgan fingerprint density at radius 3 is 2.80 bits per heavy atom. The molecule has 0 amide bonds. The van der Waals surface area contributed by atoms with Gasteiger partial charge in [0.2, 0.25) is 0 Å². The molecule has 1 N–H and O–H groups in total. The number of hydrogen-bond acceptors (Lipinski definition) is 4. The Kier molecular flexibility index (Phi) is 7.71. The van der Waals surface area contributed by atoms with Crippen LogP contribution >= 0.6 is 0 Å². The summed E-state index contributed by atoms with van der Waals surface area (Å²) in [5.41, 5.74) is 2.84. The number of benzene rings is 1. The van der Waals surface area contributed by atoms with E-state index >= 15 is 0 Å². The van der Waals surface area contributed by atoms with Crippen LogP contribution in [0.25, 0.3) is 0 Å². The van der Waals surface area contributed by atoms with Crippen molar-refractivity contribution in [1.82, 2.24) is 5.32 Å². The van der Waals surface area contributed by atoms with Gasteiger partial charge in [0.25, 0.3) is 0 Å². The Morgan fingerprint density at radius 1 is 1.35 bits per heavy atom. The largest absolute Gasteiger partial charge is 0.380 e. The number of nitrogens with zero attached hydrogens (tertiary/aromatic N) is 2. The van der Waals surface area contributed by atoms with Crippen molar-refractivity contribution in [3.8, 4) is 6.07 Å². The molecule has 0 radical (unpaired) electrons. The SMILES string of the molecule is CCCNCc1ccc(N(C)CCOCC)c(C#N)c1. The number of likely N-dealkylation sites (N-methyl/N-ethyl adjacent to an activating group) is 1. The maximum atomic E-state index is 9.31. The van der Waals surface area contributed by atoms with Crippen molar-refractivity contribution in [1.29, 1.82) is 5.26 Å². The Labute approximate surface area is 122 Å². The molecule has 0 bridgehead atoms. The summed E-state index contributed by atoms with van der Waals surface area (Å²) in [5, 5.41) is 12.7. The second-order valence-electron chi connectivity index (χ2n) is 4.76. The van der Waals surface area contributed by atoms with E-state index in [9.17, 15) is 5.26 Å². The van der Waals surface area contributed by atoms with Crippen molar-refractivity contribution in [2.45, 2.75) is 26.8 Å². The minimum atomic E-state index is 0.678. The summed E-state index contributed by atoms with van der Waals surface area (Å²) in [6.07, 6.45) is 1.11. The Bertz CT molecular complexity index is 440. The zero-order valence-electron chi connectivity index (χ0n) is 12.8. The third-order valence-electron chi connectivity index (χ3n) is 3.12. The lowest BCUT2D eigenvalue weighted by Crippen LogP contribution is -2.23. The molecule has 1 rings (SSSR count). The normalized spacial score (nSPS) is 10.3. The highest BCUT2D eigenvalue weighted by Gasteiger charge is 2.08. The first-order valence-electron chi connectivity index (χ1n) is 7.25. The summed E-state index contributed by atoms with van der Waals surface area (Å²) < 4.78 is 5.35. The highest BCUT2D eigenvalue weighted by atomic mass is 16.5. The molecule has 0 aromatic heterocycles. The van der Waals surface area contributed by atoms with Gasteiger partial charge in [-0.3, -0.25) is 0 Å². The third-order valence-corrected chi connectivity index (χ3v) is 3.12. The molecule has 0 saturated heterocycles. The van der Waals surface area contributed by atoms with Gasteiger partial charge in [-0.15, -0.1) is 0 Å². The average Bonchev–Trinajstić information content (AvgIpc) is 2.47. The van der Waals surface area contributed by atoms with Gasteiger partial charge in [-0.25, -0.2) is 0 Å². The average molecular weight is 275 g/mol. The smallest absolute Gasteiger partial charge is 0.101 e. The van der Waals surface area contributed by atoms with Crippen LogP contribution in [-0.4, -0.2) is 33.4 Å². The van der Waals surface area contributed by atoms with Crippen LogP contribution in [0.4, 0.5) is 5.69 Å². The number of hydrogen-bond donors (Lipinski definition) is 1. The minimum Gasteiger partial charge on any atom is -0.380 e. The van der Waals surface area contributed by atoms with E-state index in [0.29, 0.717) is 6.61 Å². The first-order valence-corrected chi connectivity index (χ1v) is 7.25. The number of nitriles is 1. The first kappa shape index (κ1) is 16.5. The van der Waals surface area contributed by atoms with E-state index in [1.54, 1.807) is 0 Å². The second-order valence-corrected chi connectivity index (χ2v) is 4.76. The highest BCUT2D eigenvalue weighted by Crippen LogP contribution is 2.20. The number of rotatable bonds is 9. The van der Waals surface area contributed by atoms with Crippen LogP contribution in [0.5, 0.6) is 0 Å². The lowest BCUT2D eigenvalue weighted by Gasteiger charge is -2.21. The van der Waals surface area contributed by atoms with Crippen LogP contribution in [-0.2, 0) is 11.3 Å². The summed E-state index contributed by atoms with van der Waals surface area (Å²) >= 11 is 0. The van der Waals surface area contributed by atoms with Crippen LogP contribution in [0.3, 0.4) is 0 Å². The van der Waals surface area contributed by atoms with Crippen LogP contribution in [0.15, 0.2) is 18.2 Å². The predicted octanol–water partition coefficient (Wildman–Crippen LogP) is 2.53. The summed E-state index contributed by atoms with van der Waals surface area (Å²) in [4.78, 5) is 2.07. The molecule has 4 heteroatoms. The van der Waals surface area contributed by atoms with Crippen LogP contribution < -0.4 is 10.2 Å². The van der Waals surface area contributed by atoms with Crippen molar-refractivity contribution in [2.24, 2.45) is 0 Å². The van der Waals surface area contributed by atoms with Crippen LogP contribution in [0, 0.1) is 11.3 Å². The van der Waals surface area contributed by atoms with Crippen molar-refractivity contribution in [2.75, 3.05) is 38.3 Å². The minimum absolute atomic E-state index is 0.678. The summed E-state index contributed by atoms with van der Waals surface area (Å²) in [6, 6.07) is 8.36. The van der Waals surface area contributed by atoms with E-state index in [1.165, 1.54) is 0 Å². The molecular weight excluding hydrogens is 250 g/mol. The lowest BCUT2D eigenvalue weighted by atomic mass is 10.1. The molecule has 0 aliphatic carbocycles. The predicted molar refractivity (Wildman–Crippen MR) is 82.9 cm³/mol. The number of anilines is 1. The quantitative estimate of drug-likeness (QED) is 0.704. The fourth-order valence-electron chi connectivity index (χ4n) is 1.99. The molecule has 0 aliphatic rings. The maximum Gasteiger partial charge on any atom is 0.101 e. The third kappa shape index (κ3) is 5.20. The molecule has 110 valence electrons. The summed E-state index contributed by atoms with van der Waals surface area (Å²) in [7, 11) is 1.99. The zero-order chi connectivity index (χ0) is 14.8. The molecule has 0 heterocycles. The molecule has 0 aliphatic heterocycles. The van der Waals surface area contributed by atoms with E-state index in [2.05, 4.69) is 29.3 Å². The maximum absolute atomic E-state index is 9.31. The molecule has 1 aromatic rings. The van der Waals surface area contributed by atoms with Crippen LogP contribution in [0.1, 0.15) is 31.4 Å². The molecule has 1 aromatic carbocycles. The van der Waals surface area contributed by atoms with E-state index in [0.717, 1.165) is 49.5 Å². The van der Waals surface area contributed by atoms with Gasteiger partial charge in [-0.05, 0) is 37.6 Å². The first-order chi connectivity index (χ1) is 9.72. The van der Waals surface area contributed by atoms with Gasteiger partial charge in [-0.1, -0.05) is 13.0 Å². The van der Waals surface area contributed by atoms with Crippen LogP contribution in [0.2, 0.25) is 0 Å². The highest BCUT2D eigenvalue weighted by molar-refractivity contribution is 5.60. The molecular formula is C16H25N3O. The number of nitrogens with one attached hydrogen (secondary N) is 1. The molecule has 0 atom stereocenters. The molecule has 20 heavy (non-hydrogen) atoms. The zero-order valence-corrected chi connectivity index (χ0v) is 12.8. The Morgan fingerprint density at radius 2 is 2.15 bits per heavy atom. The molecule has 0 fully saturated rings. The van der Waals surface area contributed by atoms with Gasteiger partial charge in [0, 0.05) is 26.7 Å². The summed E-state index contributed by atoms with van der Waals surface area (Å²) in [6.45, 7) is 8.13.